The Labute approximate surface area is 179 Å². The number of aliphatic imine (C=N–C) groups is 1. The monoisotopic (exact) mass is 413 g/mol. The quantitative estimate of drug-likeness (QED) is 0.623. The van der Waals surface area contributed by atoms with Gasteiger partial charge in [0.25, 0.3) is 0 Å². The van der Waals surface area contributed by atoms with Crippen molar-refractivity contribution in [1.82, 2.24) is 20.9 Å². The molecule has 0 bridgehead atoms. The number of dihydropyridines is 1. The number of piperazine rings is 1. The molecule has 0 amide bonds. The summed E-state index contributed by atoms with van der Waals surface area (Å²) in [4.78, 5) is 7.00. The molecule has 5 nitrogen and oxygen atoms in total. The maximum absolute atomic E-state index is 6.64. The molecule has 0 aromatic rings. The predicted octanol–water partition coefficient (Wildman–Crippen LogP) is 3.57. The van der Waals surface area contributed by atoms with Crippen LogP contribution in [0.15, 0.2) is 75.3 Å². The zero-order valence-corrected chi connectivity index (χ0v) is 18.4. The minimum Gasteiger partial charge on any atom is -0.384 e. The van der Waals surface area contributed by atoms with Crippen LogP contribution in [0.1, 0.15) is 27.2 Å². The van der Waals surface area contributed by atoms with Gasteiger partial charge in [-0.25, -0.2) is 0 Å². The minimum absolute atomic E-state index is 0.408. The molecular weight excluding hydrogens is 382 g/mol. The van der Waals surface area contributed by atoms with Crippen LogP contribution in [0.2, 0.25) is 0 Å². The van der Waals surface area contributed by atoms with E-state index in [0.717, 1.165) is 48.2 Å². The van der Waals surface area contributed by atoms with Gasteiger partial charge >= 0.3 is 0 Å². The molecule has 1 atom stereocenters. The first-order valence-corrected chi connectivity index (χ1v) is 10.8. The average Bonchev–Trinajstić information content (AvgIpc) is 2.73. The number of halogens is 1. The van der Waals surface area contributed by atoms with E-state index in [1.165, 1.54) is 11.1 Å². The van der Waals surface area contributed by atoms with Gasteiger partial charge in [0.1, 0.15) is 0 Å². The van der Waals surface area contributed by atoms with Crippen LogP contribution < -0.4 is 16.0 Å². The van der Waals surface area contributed by atoms with Crippen molar-refractivity contribution in [1.29, 1.82) is 0 Å². The number of hydrogen-bond donors (Lipinski definition) is 3. The molecule has 156 valence electrons. The smallest absolute Gasteiger partial charge is 0.0786 e. The molecule has 0 aromatic heterocycles. The minimum atomic E-state index is 0.408. The fourth-order valence-electron chi connectivity index (χ4n) is 3.72. The van der Waals surface area contributed by atoms with E-state index in [-0.39, 0.29) is 0 Å². The number of rotatable bonds is 6. The molecule has 3 N–H and O–H groups in total. The van der Waals surface area contributed by atoms with Crippen molar-refractivity contribution in [2.75, 3.05) is 32.7 Å². The van der Waals surface area contributed by atoms with Crippen LogP contribution in [0.25, 0.3) is 0 Å². The van der Waals surface area contributed by atoms with Crippen LogP contribution in [0.4, 0.5) is 0 Å². The van der Waals surface area contributed by atoms with Gasteiger partial charge in [-0.05, 0) is 37.5 Å². The van der Waals surface area contributed by atoms with E-state index < -0.39 is 0 Å². The molecule has 0 saturated carbocycles. The van der Waals surface area contributed by atoms with Crippen molar-refractivity contribution in [3.63, 3.8) is 0 Å². The Hall–Kier alpha value is -2.24. The largest absolute Gasteiger partial charge is 0.384 e. The fraction of sp³-hybridized carbons (Fsp3) is 0.435. The van der Waals surface area contributed by atoms with E-state index in [2.05, 4.69) is 64.0 Å². The summed E-state index contributed by atoms with van der Waals surface area (Å²) >= 11 is 6.64. The SMILES string of the molecule is C\C=C/N=C1/C=C(CNC2=CNCC(Cl)=C2N2CCNCC2C)C=C/C1=C\CC. The van der Waals surface area contributed by atoms with Gasteiger partial charge in [-0.15, -0.1) is 0 Å². The third-order valence-corrected chi connectivity index (χ3v) is 5.48. The van der Waals surface area contributed by atoms with E-state index in [9.17, 15) is 0 Å². The maximum atomic E-state index is 6.64. The molecular formula is C23H32ClN5. The van der Waals surface area contributed by atoms with Crippen LogP contribution in [0.3, 0.4) is 0 Å². The lowest BCUT2D eigenvalue weighted by Crippen LogP contribution is -2.51. The average molecular weight is 414 g/mol. The van der Waals surface area contributed by atoms with Gasteiger partial charge in [0.05, 0.1) is 28.7 Å². The summed E-state index contributed by atoms with van der Waals surface area (Å²) in [6.45, 7) is 10.7. The fourth-order valence-corrected chi connectivity index (χ4v) is 4.00. The molecule has 2 aliphatic heterocycles. The summed E-state index contributed by atoms with van der Waals surface area (Å²) in [5, 5.41) is 11.2. The molecule has 1 aliphatic carbocycles. The second-order valence-corrected chi connectivity index (χ2v) is 7.87. The standard InChI is InChI=1S/C23H32ClN5/c1-4-6-19-8-7-18(12-21(19)27-9-5-2)14-28-22-16-26-15-20(24)23(22)29-11-10-25-13-17(29)3/h5-9,12,16-17,25-26,28H,4,10-11,13-15H2,1-3H3/b9-5-,19-6+,27-21-. The Kier molecular flexibility index (Phi) is 7.78. The van der Waals surface area contributed by atoms with E-state index in [0.29, 0.717) is 19.1 Å². The van der Waals surface area contributed by atoms with Crippen molar-refractivity contribution >= 4 is 17.3 Å². The molecule has 0 radical (unpaired) electrons. The van der Waals surface area contributed by atoms with Gasteiger partial charge < -0.3 is 20.9 Å². The van der Waals surface area contributed by atoms with Crippen molar-refractivity contribution in [3.05, 3.63) is 70.4 Å². The van der Waals surface area contributed by atoms with Gasteiger partial charge in [-0.1, -0.05) is 42.8 Å². The third-order valence-electron chi connectivity index (χ3n) is 5.17. The maximum Gasteiger partial charge on any atom is 0.0786 e. The zero-order chi connectivity index (χ0) is 20.6. The molecule has 3 aliphatic rings. The summed E-state index contributed by atoms with van der Waals surface area (Å²) in [6, 6.07) is 0.408. The molecule has 29 heavy (non-hydrogen) atoms. The lowest BCUT2D eigenvalue weighted by molar-refractivity contribution is 0.223. The van der Waals surface area contributed by atoms with E-state index in [1.54, 1.807) is 0 Å². The van der Waals surface area contributed by atoms with Gasteiger partial charge in [0, 0.05) is 44.6 Å². The van der Waals surface area contributed by atoms with Crippen molar-refractivity contribution in [2.45, 2.75) is 33.2 Å². The van der Waals surface area contributed by atoms with Crippen LogP contribution in [-0.4, -0.2) is 49.4 Å². The van der Waals surface area contributed by atoms with Crippen molar-refractivity contribution in [3.8, 4) is 0 Å². The Morgan fingerprint density at radius 2 is 2.24 bits per heavy atom. The lowest BCUT2D eigenvalue weighted by Gasteiger charge is -2.40. The number of hydrogen-bond acceptors (Lipinski definition) is 5. The summed E-state index contributed by atoms with van der Waals surface area (Å²) in [7, 11) is 0. The summed E-state index contributed by atoms with van der Waals surface area (Å²) < 4.78 is 0. The highest BCUT2D eigenvalue weighted by Crippen LogP contribution is 2.26. The second kappa shape index (κ2) is 10.5. The normalized spacial score (nSPS) is 25.5. The molecule has 1 unspecified atom stereocenters. The van der Waals surface area contributed by atoms with E-state index in [4.69, 9.17) is 11.6 Å². The molecule has 0 spiro atoms. The zero-order valence-electron chi connectivity index (χ0n) is 17.6. The highest BCUT2D eigenvalue weighted by Gasteiger charge is 2.26. The van der Waals surface area contributed by atoms with E-state index >= 15 is 0 Å². The topological polar surface area (TPSA) is 51.7 Å². The molecule has 1 fully saturated rings. The Balaban J connectivity index is 1.75. The van der Waals surface area contributed by atoms with Crippen LogP contribution in [0.5, 0.6) is 0 Å². The van der Waals surface area contributed by atoms with Crippen molar-refractivity contribution in [2.24, 2.45) is 4.99 Å². The van der Waals surface area contributed by atoms with Gasteiger partial charge in [-0.3, -0.25) is 4.99 Å². The Bertz CT molecular complexity index is 813. The highest BCUT2D eigenvalue weighted by molar-refractivity contribution is 6.30. The number of nitrogens with one attached hydrogen (secondary N) is 3. The summed E-state index contributed by atoms with van der Waals surface area (Å²) in [6.07, 6.45) is 15.5. The highest BCUT2D eigenvalue weighted by atomic mass is 35.5. The van der Waals surface area contributed by atoms with Crippen LogP contribution in [-0.2, 0) is 0 Å². The summed E-state index contributed by atoms with van der Waals surface area (Å²) in [5.74, 6) is 0. The van der Waals surface area contributed by atoms with Gasteiger partial charge in [0.15, 0.2) is 0 Å². The first-order chi connectivity index (χ1) is 14.1. The van der Waals surface area contributed by atoms with Crippen LogP contribution in [0, 0.1) is 0 Å². The molecule has 3 rings (SSSR count). The molecule has 1 saturated heterocycles. The molecule has 2 heterocycles. The number of nitrogens with zero attached hydrogens (tertiary/aromatic N) is 2. The predicted molar refractivity (Wildman–Crippen MR) is 124 cm³/mol. The first kappa shape index (κ1) is 21.5. The number of allylic oxidation sites excluding steroid dienone is 5. The Morgan fingerprint density at radius 3 is 3.00 bits per heavy atom. The Morgan fingerprint density at radius 1 is 1.38 bits per heavy atom. The molecule has 6 heteroatoms. The van der Waals surface area contributed by atoms with Crippen LogP contribution >= 0.6 is 11.6 Å². The second-order valence-electron chi connectivity index (χ2n) is 7.41. The van der Waals surface area contributed by atoms with E-state index in [1.807, 2.05) is 25.4 Å². The van der Waals surface area contributed by atoms with Gasteiger partial charge in [-0.2, -0.15) is 0 Å². The van der Waals surface area contributed by atoms with Crippen molar-refractivity contribution < 1.29 is 0 Å². The summed E-state index contributed by atoms with van der Waals surface area (Å²) in [5.41, 5.74) is 5.54. The lowest BCUT2D eigenvalue weighted by atomic mass is 9.99. The third kappa shape index (κ3) is 5.43. The van der Waals surface area contributed by atoms with Gasteiger partial charge in [0.2, 0.25) is 0 Å². The first-order valence-electron chi connectivity index (χ1n) is 10.5. The molecule has 0 aromatic carbocycles.